The van der Waals surface area contributed by atoms with Gasteiger partial charge in [0.15, 0.2) is 0 Å². The van der Waals surface area contributed by atoms with E-state index in [-0.39, 0.29) is 37.3 Å². The van der Waals surface area contributed by atoms with Crippen molar-refractivity contribution in [1.82, 2.24) is 20.9 Å². The van der Waals surface area contributed by atoms with Crippen LogP contribution in [0.4, 0.5) is 4.79 Å². The molecule has 1 saturated heterocycles. The maximum atomic E-state index is 14.2. The zero-order valence-corrected chi connectivity index (χ0v) is 27.7. The quantitative estimate of drug-likeness (QED) is 0.136. The van der Waals surface area contributed by atoms with Gasteiger partial charge in [0.25, 0.3) is 5.91 Å². The van der Waals surface area contributed by atoms with Crippen molar-refractivity contribution < 1.29 is 33.5 Å². The molecule has 1 aromatic rings. The van der Waals surface area contributed by atoms with Crippen molar-refractivity contribution in [2.24, 2.45) is 28.9 Å². The van der Waals surface area contributed by atoms with Gasteiger partial charge in [-0.2, -0.15) is 0 Å². The number of hydrogen-bond donors (Lipinski definition) is 4. The van der Waals surface area contributed by atoms with Gasteiger partial charge >= 0.3 is 12.0 Å². The van der Waals surface area contributed by atoms with E-state index < -0.39 is 65.1 Å². The molecule has 1 aromatic carbocycles. The summed E-state index contributed by atoms with van der Waals surface area (Å²) >= 11 is 0. The fourth-order valence-electron chi connectivity index (χ4n) is 6.50. The van der Waals surface area contributed by atoms with E-state index in [1.807, 2.05) is 30.3 Å². The van der Waals surface area contributed by atoms with Crippen LogP contribution < -0.4 is 21.7 Å². The molecule has 2 aliphatic carbocycles. The minimum atomic E-state index is -1.12. The SMILES string of the molecule is C=C[C@@H]1C[C@@H](C(=O)NC(CC2CC2)C(=O)C(N)=O)N(C(=O)[C@@H](NC(=O)N[C@H](C(=O)OCc2ccccc2)C2CCCC2)C(C)(C)C)C1. The monoisotopic (exact) mass is 651 g/mol. The highest BCUT2D eigenvalue weighted by atomic mass is 16.5. The van der Waals surface area contributed by atoms with Gasteiger partial charge in [-0.15, -0.1) is 6.58 Å². The number of carbonyl (C=O) groups excluding carboxylic acids is 6. The largest absolute Gasteiger partial charge is 0.459 e. The Morgan fingerprint density at radius 2 is 1.66 bits per heavy atom. The number of nitrogens with two attached hydrogens (primary N) is 1. The third-order valence-electron chi connectivity index (χ3n) is 9.42. The second-order valence-corrected chi connectivity index (χ2v) is 14.2. The fraction of sp³-hybridized carbons (Fsp3) is 0.600. The molecule has 4 rings (SSSR count). The first kappa shape index (κ1) is 35.6. The molecule has 12 nitrogen and oxygen atoms in total. The van der Waals surface area contributed by atoms with E-state index in [0.717, 1.165) is 44.1 Å². The van der Waals surface area contributed by atoms with Crippen LogP contribution in [0.2, 0.25) is 0 Å². The van der Waals surface area contributed by atoms with Crippen molar-refractivity contribution in [2.75, 3.05) is 6.54 Å². The number of ether oxygens (including phenoxy) is 1. The van der Waals surface area contributed by atoms with Crippen LogP contribution in [-0.2, 0) is 35.3 Å². The topological polar surface area (TPSA) is 177 Å². The summed E-state index contributed by atoms with van der Waals surface area (Å²) in [6.07, 6.45) is 7.45. The lowest BCUT2D eigenvalue weighted by atomic mass is 9.85. The summed E-state index contributed by atoms with van der Waals surface area (Å²) in [7, 11) is 0. The van der Waals surface area contributed by atoms with E-state index in [0.29, 0.717) is 6.42 Å². The Morgan fingerprint density at radius 3 is 2.23 bits per heavy atom. The molecule has 1 unspecified atom stereocenters. The molecule has 5 atom stereocenters. The van der Waals surface area contributed by atoms with Crippen LogP contribution in [0.25, 0.3) is 0 Å². The maximum absolute atomic E-state index is 14.2. The lowest BCUT2D eigenvalue weighted by Crippen LogP contribution is -2.61. The molecule has 3 fully saturated rings. The zero-order chi connectivity index (χ0) is 34.3. The van der Waals surface area contributed by atoms with Crippen molar-refractivity contribution in [1.29, 1.82) is 0 Å². The lowest BCUT2D eigenvalue weighted by Gasteiger charge is -2.36. The molecule has 12 heteroatoms. The van der Waals surface area contributed by atoms with Gasteiger partial charge in [-0.05, 0) is 54.4 Å². The molecule has 0 bridgehead atoms. The van der Waals surface area contributed by atoms with E-state index in [4.69, 9.17) is 10.5 Å². The Labute approximate surface area is 276 Å². The molecule has 0 aromatic heterocycles. The molecule has 0 spiro atoms. The Hall–Kier alpha value is -4.22. The van der Waals surface area contributed by atoms with Crippen molar-refractivity contribution in [2.45, 2.75) is 103 Å². The first-order valence-electron chi connectivity index (χ1n) is 16.6. The highest BCUT2D eigenvalue weighted by Gasteiger charge is 2.46. The predicted octanol–water partition coefficient (Wildman–Crippen LogP) is 2.74. The van der Waals surface area contributed by atoms with E-state index in [2.05, 4.69) is 22.5 Å². The standard InChI is InChI=1S/C35H49N5O7/c1-5-21-18-26(31(43)37-25(17-22-15-16-22)28(41)30(36)42)40(19-21)32(44)29(35(2,3)4)39-34(46)38-27(24-13-9-10-14-24)33(45)47-20-23-11-7-6-8-12-23/h5-8,11-12,21-22,24-27,29H,1,9-10,13-20H2,2-4H3,(H2,36,42)(H,37,43)(H2,38,39,46)/t21-,25?,26+,27+,29-/m1/s1. The van der Waals surface area contributed by atoms with Gasteiger partial charge in [0.05, 0.1) is 6.04 Å². The van der Waals surface area contributed by atoms with Gasteiger partial charge in [0, 0.05) is 6.54 Å². The zero-order valence-electron chi connectivity index (χ0n) is 27.7. The van der Waals surface area contributed by atoms with Crippen molar-refractivity contribution in [3.05, 3.63) is 48.6 Å². The van der Waals surface area contributed by atoms with Crippen LogP contribution >= 0.6 is 0 Å². The molecule has 1 aliphatic heterocycles. The van der Waals surface area contributed by atoms with Gasteiger partial charge in [0.1, 0.15) is 24.7 Å². The Balaban J connectivity index is 1.47. The fourth-order valence-corrected chi connectivity index (χ4v) is 6.50. The van der Waals surface area contributed by atoms with Gasteiger partial charge in [-0.1, -0.05) is 82.9 Å². The number of carbonyl (C=O) groups is 6. The number of Topliss-reactive ketones (excluding diaryl/α,β-unsaturated/α-hetero) is 1. The van der Waals surface area contributed by atoms with Gasteiger partial charge < -0.3 is 31.3 Å². The first-order chi connectivity index (χ1) is 22.3. The summed E-state index contributed by atoms with van der Waals surface area (Å²) in [5.74, 6) is -3.66. The Bertz CT molecular complexity index is 1330. The van der Waals surface area contributed by atoms with E-state index in [1.54, 1.807) is 26.8 Å². The van der Waals surface area contributed by atoms with Crippen LogP contribution in [0.15, 0.2) is 43.0 Å². The number of ketones is 1. The van der Waals surface area contributed by atoms with E-state index in [9.17, 15) is 28.8 Å². The lowest BCUT2D eigenvalue weighted by molar-refractivity contribution is -0.148. The van der Waals surface area contributed by atoms with Crippen LogP contribution in [0.3, 0.4) is 0 Å². The summed E-state index contributed by atoms with van der Waals surface area (Å²) in [6, 6.07) is 4.61. The number of amides is 5. The minimum absolute atomic E-state index is 0.0741. The number of nitrogens with one attached hydrogen (secondary N) is 3. The highest BCUT2D eigenvalue weighted by Crippen LogP contribution is 2.34. The summed E-state index contributed by atoms with van der Waals surface area (Å²) in [4.78, 5) is 80.2. The maximum Gasteiger partial charge on any atom is 0.329 e. The Kier molecular flexibility index (Phi) is 11.8. The smallest absolute Gasteiger partial charge is 0.329 e. The molecular formula is C35H49N5O7. The van der Waals surface area contributed by atoms with Crippen molar-refractivity contribution >= 4 is 35.5 Å². The minimum Gasteiger partial charge on any atom is -0.459 e. The number of urea groups is 1. The summed E-state index contributed by atoms with van der Waals surface area (Å²) < 4.78 is 5.60. The van der Waals surface area contributed by atoms with Crippen LogP contribution in [-0.4, -0.2) is 71.1 Å². The number of nitrogens with zero attached hydrogens (tertiary/aromatic N) is 1. The van der Waals surface area contributed by atoms with Gasteiger partial charge in [-0.3, -0.25) is 19.2 Å². The number of rotatable bonds is 14. The average molecular weight is 652 g/mol. The van der Waals surface area contributed by atoms with Gasteiger partial charge in [0.2, 0.25) is 17.6 Å². The van der Waals surface area contributed by atoms with Crippen LogP contribution in [0.5, 0.6) is 0 Å². The molecule has 256 valence electrons. The second kappa shape index (κ2) is 15.6. The van der Waals surface area contributed by atoms with Crippen molar-refractivity contribution in [3.63, 3.8) is 0 Å². The van der Waals surface area contributed by atoms with E-state index in [1.165, 1.54) is 4.90 Å². The summed E-state index contributed by atoms with van der Waals surface area (Å²) in [5, 5.41) is 8.28. The molecule has 0 radical (unpaired) electrons. The number of primary amides is 1. The molecular weight excluding hydrogens is 602 g/mol. The number of benzene rings is 1. The predicted molar refractivity (Wildman–Crippen MR) is 174 cm³/mol. The third kappa shape index (κ3) is 9.65. The summed E-state index contributed by atoms with van der Waals surface area (Å²) in [5.41, 5.74) is 5.30. The molecule has 47 heavy (non-hydrogen) atoms. The number of esters is 1. The number of likely N-dealkylation sites (tertiary alicyclic amines) is 1. The highest BCUT2D eigenvalue weighted by molar-refractivity contribution is 6.37. The molecule has 3 aliphatic rings. The molecule has 1 heterocycles. The molecule has 2 saturated carbocycles. The first-order valence-corrected chi connectivity index (χ1v) is 16.6. The van der Waals surface area contributed by atoms with Gasteiger partial charge in [-0.25, -0.2) is 9.59 Å². The second-order valence-electron chi connectivity index (χ2n) is 14.2. The molecule has 5 amide bonds. The number of hydrogen-bond acceptors (Lipinski definition) is 7. The third-order valence-corrected chi connectivity index (χ3v) is 9.42. The van der Waals surface area contributed by atoms with Crippen molar-refractivity contribution in [3.8, 4) is 0 Å². The molecule has 5 N–H and O–H groups in total. The average Bonchev–Trinajstić information content (AvgIpc) is 3.48. The van der Waals surface area contributed by atoms with E-state index >= 15 is 0 Å². The normalized spacial score (nSPS) is 21.6. The Morgan fingerprint density at radius 1 is 1.00 bits per heavy atom. The summed E-state index contributed by atoms with van der Waals surface area (Å²) in [6.45, 7) is 9.50. The van der Waals surface area contributed by atoms with Crippen LogP contribution in [0, 0.1) is 23.2 Å². The van der Waals surface area contributed by atoms with Crippen LogP contribution in [0.1, 0.15) is 77.7 Å².